The van der Waals surface area contributed by atoms with Crippen LogP contribution in [0.25, 0.3) is 10.8 Å². The molecule has 2 rings (SSSR count). The van der Waals surface area contributed by atoms with Gasteiger partial charge in [-0.3, -0.25) is 15.1 Å². The van der Waals surface area contributed by atoms with E-state index in [0.717, 1.165) is 24.0 Å². The van der Waals surface area contributed by atoms with E-state index >= 15 is 0 Å². The van der Waals surface area contributed by atoms with Crippen molar-refractivity contribution in [1.82, 2.24) is 4.98 Å². The Bertz CT molecular complexity index is 633. The van der Waals surface area contributed by atoms with Gasteiger partial charge in [0.15, 0.2) is 0 Å². The monoisotopic (exact) mass is 273 g/mol. The van der Waals surface area contributed by atoms with E-state index in [-0.39, 0.29) is 16.0 Å². The van der Waals surface area contributed by atoms with Gasteiger partial charge < -0.3 is 5.32 Å². The molecule has 0 aliphatic carbocycles. The van der Waals surface area contributed by atoms with Gasteiger partial charge in [-0.25, -0.2) is 0 Å². The van der Waals surface area contributed by atoms with Crippen molar-refractivity contribution in [2.24, 2.45) is 5.41 Å². The molecule has 0 amide bonds. The lowest BCUT2D eigenvalue weighted by Gasteiger charge is -2.19. The number of hydrogen-bond donors (Lipinski definition) is 1. The molecule has 0 atom stereocenters. The van der Waals surface area contributed by atoms with E-state index in [2.05, 4.69) is 31.1 Å². The Labute approximate surface area is 118 Å². The Balaban J connectivity index is 2.31. The largest absolute Gasteiger partial charge is 0.384 e. The van der Waals surface area contributed by atoms with Crippen LogP contribution in [0, 0.1) is 15.5 Å². The van der Waals surface area contributed by atoms with Crippen molar-refractivity contribution in [1.29, 1.82) is 0 Å². The highest BCUT2D eigenvalue weighted by molar-refractivity contribution is 5.99. The number of aromatic nitrogens is 1. The maximum Gasteiger partial charge on any atom is 0.277 e. The second kappa shape index (κ2) is 5.45. The van der Waals surface area contributed by atoms with Gasteiger partial charge in [0.05, 0.1) is 10.3 Å². The minimum Gasteiger partial charge on any atom is -0.384 e. The highest BCUT2D eigenvalue weighted by Gasteiger charge is 2.15. The number of nitrogens with one attached hydrogen (secondary N) is 1. The number of fused-ring (bicyclic) bond motifs is 1. The van der Waals surface area contributed by atoms with Crippen LogP contribution in [-0.4, -0.2) is 16.5 Å². The number of anilines is 1. The lowest BCUT2D eigenvalue weighted by molar-refractivity contribution is -0.383. The van der Waals surface area contributed by atoms with Crippen LogP contribution in [0.2, 0.25) is 0 Å². The van der Waals surface area contributed by atoms with Gasteiger partial charge in [-0.15, -0.1) is 0 Å². The summed E-state index contributed by atoms with van der Waals surface area (Å²) < 4.78 is 0. The van der Waals surface area contributed by atoms with Crippen molar-refractivity contribution >= 4 is 22.1 Å². The summed E-state index contributed by atoms with van der Waals surface area (Å²) in [6.07, 6.45) is 4.27. The lowest BCUT2D eigenvalue weighted by Crippen LogP contribution is -2.13. The first-order valence-electron chi connectivity index (χ1n) is 6.63. The van der Waals surface area contributed by atoms with Crippen molar-refractivity contribution in [2.45, 2.75) is 27.2 Å². The fourth-order valence-corrected chi connectivity index (χ4v) is 2.06. The number of hydrogen-bond acceptors (Lipinski definition) is 4. The van der Waals surface area contributed by atoms with Crippen molar-refractivity contribution in [3.63, 3.8) is 0 Å². The first kappa shape index (κ1) is 14.2. The van der Waals surface area contributed by atoms with Crippen LogP contribution in [0.15, 0.2) is 30.6 Å². The molecule has 1 heterocycles. The molecule has 0 bridgehead atoms. The molecule has 5 nitrogen and oxygen atoms in total. The average molecular weight is 273 g/mol. The van der Waals surface area contributed by atoms with Gasteiger partial charge in [-0.1, -0.05) is 20.8 Å². The van der Waals surface area contributed by atoms with E-state index in [4.69, 9.17) is 0 Å². The second-order valence-corrected chi connectivity index (χ2v) is 6.05. The van der Waals surface area contributed by atoms with Gasteiger partial charge in [-0.2, -0.15) is 0 Å². The van der Waals surface area contributed by atoms with E-state index in [1.807, 2.05) is 0 Å². The molecule has 1 aromatic carbocycles. The third kappa shape index (κ3) is 3.23. The molecule has 1 N–H and O–H groups in total. The normalized spacial score (nSPS) is 11.6. The number of benzene rings is 1. The topological polar surface area (TPSA) is 68.1 Å². The fraction of sp³-hybridized carbons (Fsp3) is 0.400. The van der Waals surface area contributed by atoms with Gasteiger partial charge >= 0.3 is 0 Å². The number of non-ortho nitro benzene ring substituents is 1. The standard InChI is InChI=1S/C15H19N3O2/c1-15(2,3)7-9-17-13-4-5-14(18(19)20)11-6-8-16-10-12(11)13/h4-6,8,10,17H,7,9H2,1-3H3. The van der Waals surface area contributed by atoms with E-state index < -0.39 is 0 Å². The number of nitro benzene ring substituents is 1. The highest BCUT2D eigenvalue weighted by atomic mass is 16.6. The van der Waals surface area contributed by atoms with Gasteiger partial charge in [0.1, 0.15) is 0 Å². The molecular weight excluding hydrogens is 254 g/mol. The third-order valence-corrected chi connectivity index (χ3v) is 3.18. The van der Waals surface area contributed by atoms with Crippen LogP contribution < -0.4 is 5.32 Å². The maximum absolute atomic E-state index is 11.0. The molecule has 2 aromatic rings. The molecule has 5 heteroatoms. The van der Waals surface area contributed by atoms with Gasteiger partial charge in [0.2, 0.25) is 0 Å². The predicted molar refractivity (Wildman–Crippen MR) is 81.0 cm³/mol. The van der Waals surface area contributed by atoms with Crippen LogP contribution in [-0.2, 0) is 0 Å². The third-order valence-electron chi connectivity index (χ3n) is 3.18. The molecule has 0 radical (unpaired) electrons. The summed E-state index contributed by atoms with van der Waals surface area (Å²) in [6, 6.07) is 4.98. The summed E-state index contributed by atoms with van der Waals surface area (Å²) in [5.41, 5.74) is 1.26. The van der Waals surface area contributed by atoms with Crippen molar-refractivity contribution in [2.75, 3.05) is 11.9 Å². The van der Waals surface area contributed by atoms with Gasteiger partial charge in [0, 0.05) is 36.1 Å². The Morgan fingerprint density at radius 3 is 2.65 bits per heavy atom. The second-order valence-electron chi connectivity index (χ2n) is 6.05. The van der Waals surface area contributed by atoms with Crippen molar-refractivity contribution in [3.05, 3.63) is 40.7 Å². The molecule has 0 fully saturated rings. The average Bonchev–Trinajstić information content (AvgIpc) is 2.37. The summed E-state index contributed by atoms with van der Waals surface area (Å²) in [6.45, 7) is 7.38. The minimum absolute atomic E-state index is 0.115. The molecule has 0 saturated heterocycles. The van der Waals surface area contributed by atoms with Crippen LogP contribution in [0.3, 0.4) is 0 Å². The van der Waals surface area contributed by atoms with Crippen LogP contribution in [0.5, 0.6) is 0 Å². The zero-order chi connectivity index (χ0) is 14.8. The highest BCUT2D eigenvalue weighted by Crippen LogP contribution is 2.31. The molecule has 1 aromatic heterocycles. The van der Waals surface area contributed by atoms with E-state index in [9.17, 15) is 10.1 Å². The molecule has 20 heavy (non-hydrogen) atoms. The maximum atomic E-state index is 11.0. The molecule has 0 unspecified atom stereocenters. The van der Waals surface area contributed by atoms with Crippen LogP contribution >= 0.6 is 0 Å². The zero-order valence-electron chi connectivity index (χ0n) is 12.0. The Kier molecular flexibility index (Phi) is 3.88. The molecule has 106 valence electrons. The van der Waals surface area contributed by atoms with E-state index in [0.29, 0.717) is 5.39 Å². The molecule has 0 aliphatic heterocycles. The number of pyridine rings is 1. The summed E-state index contributed by atoms with van der Waals surface area (Å²) >= 11 is 0. The lowest BCUT2D eigenvalue weighted by atomic mass is 9.92. The van der Waals surface area contributed by atoms with Gasteiger partial charge in [0.25, 0.3) is 5.69 Å². The quantitative estimate of drug-likeness (QED) is 0.675. The summed E-state index contributed by atoms with van der Waals surface area (Å²) in [5.74, 6) is 0. The van der Waals surface area contributed by atoms with Gasteiger partial charge in [-0.05, 0) is 24.0 Å². The minimum atomic E-state index is -0.360. The molecule has 0 saturated carbocycles. The smallest absolute Gasteiger partial charge is 0.277 e. The zero-order valence-corrected chi connectivity index (χ0v) is 12.0. The first-order valence-corrected chi connectivity index (χ1v) is 6.63. The first-order chi connectivity index (χ1) is 9.38. The fourth-order valence-electron chi connectivity index (χ4n) is 2.06. The number of nitro groups is 1. The van der Waals surface area contributed by atoms with E-state index in [1.54, 1.807) is 30.6 Å². The predicted octanol–water partition coefficient (Wildman–Crippen LogP) is 3.99. The molecule has 0 aliphatic rings. The number of rotatable bonds is 4. The Morgan fingerprint density at radius 2 is 2.00 bits per heavy atom. The van der Waals surface area contributed by atoms with Crippen molar-refractivity contribution in [3.8, 4) is 0 Å². The molecular formula is C15H19N3O2. The summed E-state index contributed by atoms with van der Waals surface area (Å²) in [5, 5.41) is 15.8. The summed E-state index contributed by atoms with van der Waals surface area (Å²) in [4.78, 5) is 14.7. The van der Waals surface area contributed by atoms with E-state index in [1.165, 1.54) is 0 Å². The number of nitrogens with zero attached hydrogens (tertiary/aromatic N) is 2. The van der Waals surface area contributed by atoms with Crippen LogP contribution in [0.1, 0.15) is 27.2 Å². The Morgan fingerprint density at radius 1 is 1.25 bits per heavy atom. The Hall–Kier alpha value is -2.17. The SMILES string of the molecule is CC(C)(C)CCNc1ccc([N+](=O)[O-])c2ccncc12. The molecule has 0 spiro atoms. The van der Waals surface area contributed by atoms with Crippen molar-refractivity contribution < 1.29 is 4.92 Å². The van der Waals surface area contributed by atoms with Crippen LogP contribution in [0.4, 0.5) is 11.4 Å². The summed E-state index contributed by atoms with van der Waals surface area (Å²) in [7, 11) is 0.